The van der Waals surface area contributed by atoms with Crippen LogP contribution in [0.4, 0.5) is 0 Å². The Bertz CT molecular complexity index is 557. The van der Waals surface area contributed by atoms with Gasteiger partial charge in [-0.05, 0) is 6.07 Å². The number of aromatic nitrogens is 2. The maximum absolute atomic E-state index is 11.4. The number of carboxylic acids is 1. The quantitative estimate of drug-likeness (QED) is 0.581. The van der Waals surface area contributed by atoms with Crippen molar-refractivity contribution < 1.29 is 14.7 Å². The molecule has 5 heteroatoms. The van der Waals surface area contributed by atoms with Gasteiger partial charge in [-0.2, -0.15) is 5.10 Å². The standard InChI is InChI=1S/C10H8N2O3/c1-12-8-6(5-11-12)3-2-4-7(8)9(13)10(14)15/h2-5H,1H3,(H,14,15). The van der Waals surface area contributed by atoms with E-state index in [2.05, 4.69) is 5.10 Å². The van der Waals surface area contributed by atoms with E-state index in [1.807, 2.05) is 0 Å². The number of Topliss-reactive ketones (excluding diaryl/α,β-unsaturated/α-hetero) is 1. The molecule has 2 rings (SSSR count). The Hall–Kier alpha value is -2.17. The van der Waals surface area contributed by atoms with Crippen molar-refractivity contribution in [1.29, 1.82) is 0 Å². The van der Waals surface area contributed by atoms with Gasteiger partial charge < -0.3 is 5.11 Å². The summed E-state index contributed by atoms with van der Waals surface area (Å²) in [6, 6.07) is 4.90. The van der Waals surface area contributed by atoms with Gasteiger partial charge in [-0.15, -0.1) is 0 Å². The number of rotatable bonds is 2. The van der Waals surface area contributed by atoms with Gasteiger partial charge in [0.2, 0.25) is 0 Å². The highest BCUT2D eigenvalue weighted by atomic mass is 16.4. The second-order valence-corrected chi connectivity index (χ2v) is 3.15. The highest BCUT2D eigenvalue weighted by molar-refractivity contribution is 6.42. The number of aryl methyl sites for hydroxylation is 1. The molecule has 2 aromatic rings. The first-order chi connectivity index (χ1) is 7.11. The van der Waals surface area contributed by atoms with Crippen molar-refractivity contribution in [3.8, 4) is 0 Å². The zero-order valence-corrected chi connectivity index (χ0v) is 7.97. The van der Waals surface area contributed by atoms with E-state index in [0.717, 1.165) is 5.39 Å². The minimum Gasteiger partial charge on any atom is -0.475 e. The summed E-state index contributed by atoms with van der Waals surface area (Å²) >= 11 is 0. The van der Waals surface area contributed by atoms with Gasteiger partial charge in [-0.25, -0.2) is 4.79 Å². The van der Waals surface area contributed by atoms with E-state index in [-0.39, 0.29) is 5.56 Å². The Morgan fingerprint density at radius 3 is 2.80 bits per heavy atom. The summed E-state index contributed by atoms with van der Waals surface area (Å²) in [6.07, 6.45) is 1.59. The molecule has 0 radical (unpaired) electrons. The first-order valence-electron chi connectivity index (χ1n) is 4.29. The second-order valence-electron chi connectivity index (χ2n) is 3.15. The monoisotopic (exact) mass is 204 g/mol. The average molecular weight is 204 g/mol. The van der Waals surface area contributed by atoms with E-state index in [9.17, 15) is 9.59 Å². The number of benzene rings is 1. The number of hydrogen-bond acceptors (Lipinski definition) is 3. The van der Waals surface area contributed by atoms with Crippen LogP contribution in [0.2, 0.25) is 0 Å². The molecule has 1 aromatic heterocycles. The van der Waals surface area contributed by atoms with Crippen LogP contribution in [0.3, 0.4) is 0 Å². The molecule has 0 aliphatic rings. The largest absolute Gasteiger partial charge is 0.475 e. The van der Waals surface area contributed by atoms with E-state index in [1.165, 1.54) is 10.7 Å². The summed E-state index contributed by atoms with van der Waals surface area (Å²) in [5.41, 5.74) is 0.713. The number of fused-ring (bicyclic) bond motifs is 1. The summed E-state index contributed by atoms with van der Waals surface area (Å²) in [4.78, 5) is 22.0. The SMILES string of the molecule is Cn1ncc2cccc(C(=O)C(=O)O)c21. The Labute approximate surface area is 84.9 Å². The van der Waals surface area contributed by atoms with Crippen LogP contribution in [0.15, 0.2) is 24.4 Å². The first-order valence-corrected chi connectivity index (χ1v) is 4.29. The predicted molar refractivity (Wildman–Crippen MR) is 52.7 cm³/mol. The highest BCUT2D eigenvalue weighted by Gasteiger charge is 2.18. The normalized spacial score (nSPS) is 10.5. The molecule has 0 aliphatic heterocycles. The smallest absolute Gasteiger partial charge is 0.377 e. The zero-order valence-electron chi connectivity index (χ0n) is 7.97. The van der Waals surface area contributed by atoms with Crippen molar-refractivity contribution in [2.75, 3.05) is 0 Å². The third-order valence-electron chi connectivity index (χ3n) is 2.20. The molecule has 1 heterocycles. The lowest BCUT2D eigenvalue weighted by atomic mass is 10.1. The minimum atomic E-state index is -1.45. The third-order valence-corrected chi connectivity index (χ3v) is 2.20. The Morgan fingerprint density at radius 1 is 1.40 bits per heavy atom. The maximum atomic E-state index is 11.4. The molecule has 0 saturated carbocycles. The van der Waals surface area contributed by atoms with E-state index < -0.39 is 11.8 Å². The number of nitrogens with zero attached hydrogens (tertiary/aromatic N) is 2. The fourth-order valence-corrected chi connectivity index (χ4v) is 1.53. The van der Waals surface area contributed by atoms with Gasteiger partial charge in [-0.1, -0.05) is 12.1 Å². The van der Waals surface area contributed by atoms with Crippen LogP contribution in [0.25, 0.3) is 10.9 Å². The lowest BCUT2D eigenvalue weighted by Crippen LogP contribution is -2.14. The molecule has 0 amide bonds. The number of para-hydroxylation sites is 1. The van der Waals surface area contributed by atoms with E-state index in [4.69, 9.17) is 5.11 Å². The molecule has 1 N–H and O–H groups in total. The van der Waals surface area contributed by atoms with E-state index >= 15 is 0 Å². The van der Waals surface area contributed by atoms with Crippen molar-refractivity contribution in [2.45, 2.75) is 0 Å². The maximum Gasteiger partial charge on any atom is 0.377 e. The molecule has 0 aliphatic carbocycles. The molecule has 15 heavy (non-hydrogen) atoms. The summed E-state index contributed by atoms with van der Waals surface area (Å²) in [5.74, 6) is -2.37. The molecule has 5 nitrogen and oxygen atoms in total. The zero-order chi connectivity index (χ0) is 11.0. The number of carboxylic acid groups (broad SMARTS) is 1. The van der Waals surface area contributed by atoms with Crippen LogP contribution in [0, 0.1) is 0 Å². The lowest BCUT2D eigenvalue weighted by Gasteiger charge is -2.00. The van der Waals surface area contributed by atoms with Gasteiger partial charge in [0.25, 0.3) is 5.78 Å². The van der Waals surface area contributed by atoms with Gasteiger partial charge >= 0.3 is 5.97 Å². The van der Waals surface area contributed by atoms with Crippen LogP contribution >= 0.6 is 0 Å². The predicted octanol–water partition coefficient (Wildman–Crippen LogP) is 0.841. The molecular weight excluding hydrogens is 196 g/mol. The topological polar surface area (TPSA) is 72.2 Å². The van der Waals surface area contributed by atoms with Crippen molar-refractivity contribution >= 4 is 22.7 Å². The number of ketones is 1. The van der Waals surface area contributed by atoms with Crippen molar-refractivity contribution in [3.63, 3.8) is 0 Å². The van der Waals surface area contributed by atoms with Crippen LogP contribution in [0.5, 0.6) is 0 Å². The van der Waals surface area contributed by atoms with Crippen molar-refractivity contribution in [2.24, 2.45) is 7.05 Å². The fraction of sp³-hybridized carbons (Fsp3) is 0.100. The molecule has 0 fully saturated rings. The highest BCUT2D eigenvalue weighted by Crippen LogP contribution is 2.18. The Kier molecular flexibility index (Phi) is 2.00. The van der Waals surface area contributed by atoms with E-state index in [0.29, 0.717) is 5.52 Å². The number of carbonyl (C=O) groups is 2. The molecule has 1 aromatic carbocycles. The summed E-state index contributed by atoms with van der Waals surface area (Å²) in [7, 11) is 1.67. The van der Waals surface area contributed by atoms with Crippen LogP contribution < -0.4 is 0 Å². The minimum absolute atomic E-state index is 0.167. The van der Waals surface area contributed by atoms with Gasteiger partial charge in [0.1, 0.15) is 0 Å². The van der Waals surface area contributed by atoms with Crippen LogP contribution in [-0.4, -0.2) is 26.6 Å². The van der Waals surface area contributed by atoms with E-state index in [1.54, 1.807) is 25.4 Å². The summed E-state index contributed by atoms with van der Waals surface area (Å²) < 4.78 is 1.49. The second kappa shape index (κ2) is 3.20. The molecule has 76 valence electrons. The molecule has 0 bridgehead atoms. The molecule has 0 saturated heterocycles. The molecule has 0 unspecified atom stereocenters. The van der Waals surface area contributed by atoms with Crippen LogP contribution in [-0.2, 0) is 11.8 Å². The van der Waals surface area contributed by atoms with Gasteiger partial charge in [-0.3, -0.25) is 9.48 Å². The molecular formula is C10H8N2O3. The Balaban J connectivity index is 2.75. The first kappa shape index (κ1) is 9.39. The number of hydrogen-bond donors (Lipinski definition) is 1. The number of aliphatic carboxylic acids is 1. The molecule has 0 atom stereocenters. The van der Waals surface area contributed by atoms with Crippen molar-refractivity contribution in [1.82, 2.24) is 9.78 Å². The van der Waals surface area contributed by atoms with Gasteiger partial charge in [0.15, 0.2) is 0 Å². The lowest BCUT2D eigenvalue weighted by molar-refractivity contribution is -0.131. The van der Waals surface area contributed by atoms with Gasteiger partial charge in [0.05, 0.1) is 17.3 Å². The average Bonchev–Trinajstić information content (AvgIpc) is 2.59. The third kappa shape index (κ3) is 1.38. The van der Waals surface area contributed by atoms with Gasteiger partial charge in [0, 0.05) is 12.4 Å². The summed E-state index contributed by atoms with van der Waals surface area (Å²) in [6.45, 7) is 0. The van der Waals surface area contributed by atoms with Crippen LogP contribution in [0.1, 0.15) is 10.4 Å². The fourth-order valence-electron chi connectivity index (χ4n) is 1.53. The molecule has 0 spiro atoms. The Morgan fingerprint density at radius 2 is 2.13 bits per heavy atom. The number of carbonyl (C=O) groups excluding carboxylic acids is 1. The van der Waals surface area contributed by atoms with Crippen molar-refractivity contribution in [3.05, 3.63) is 30.0 Å². The summed E-state index contributed by atoms with van der Waals surface area (Å²) in [5, 5.41) is 13.4.